The van der Waals surface area contributed by atoms with Crippen molar-refractivity contribution in [2.24, 2.45) is 5.10 Å². The van der Waals surface area contributed by atoms with E-state index in [4.69, 9.17) is 0 Å². The van der Waals surface area contributed by atoms with Crippen LogP contribution in [-0.2, 0) is 20.7 Å². The van der Waals surface area contributed by atoms with Crippen LogP contribution in [0, 0.1) is 5.82 Å². The molecule has 9 nitrogen and oxygen atoms in total. The van der Waals surface area contributed by atoms with Crippen molar-refractivity contribution < 1.29 is 32.6 Å². The zero-order chi connectivity index (χ0) is 20.4. The van der Waals surface area contributed by atoms with Crippen LogP contribution in [0.2, 0.25) is 0 Å². The summed E-state index contributed by atoms with van der Waals surface area (Å²) in [4.78, 5) is 36.3. The van der Waals surface area contributed by atoms with Gasteiger partial charge in [-0.1, -0.05) is 0 Å². The average molecular weight is 398 g/mol. The molecule has 2 amide bonds. The minimum atomic E-state index is -2.97. The van der Waals surface area contributed by atoms with E-state index < -0.39 is 51.5 Å². The van der Waals surface area contributed by atoms with Crippen molar-refractivity contribution >= 4 is 35.1 Å². The Kier molecular flexibility index (Phi) is 6.06. The van der Waals surface area contributed by atoms with E-state index in [0.717, 1.165) is 30.2 Å². The molecular weight excluding hydrogens is 381 g/mol. The number of aliphatic carboxylic acids is 1. The van der Waals surface area contributed by atoms with Crippen LogP contribution in [0.5, 0.6) is 0 Å². The van der Waals surface area contributed by atoms with Gasteiger partial charge in [-0.2, -0.15) is 5.10 Å². The lowest BCUT2D eigenvalue weighted by atomic mass is 9.92. The second kappa shape index (κ2) is 7.92. The molecule has 0 saturated carbocycles. The van der Waals surface area contributed by atoms with E-state index in [1.807, 2.05) is 0 Å². The van der Waals surface area contributed by atoms with Gasteiger partial charge in [-0.15, -0.1) is 0 Å². The van der Waals surface area contributed by atoms with Gasteiger partial charge in [-0.05, 0) is 49.2 Å². The molecule has 2 N–H and O–H groups in total. The fraction of sp³-hybridized carbons (Fsp3) is 0.375. The van der Waals surface area contributed by atoms with Crippen molar-refractivity contribution in [1.82, 2.24) is 10.3 Å². The van der Waals surface area contributed by atoms with Crippen molar-refractivity contribution in [2.75, 3.05) is 0 Å². The summed E-state index contributed by atoms with van der Waals surface area (Å²) in [7, 11) is 0. The maximum atomic E-state index is 12.9. The number of amides is 2. The number of hydrazone groups is 1. The summed E-state index contributed by atoms with van der Waals surface area (Å²) in [5.74, 6) is -3.29. The van der Waals surface area contributed by atoms with Crippen molar-refractivity contribution in [3.8, 4) is 0 Å². The molecule has 4 atom stereocenters. The summed E-state index contributed by atoms with van der Waals surface area (Å²) < 4.78 is 34.3. The van der Waals surface area contributed by atoms with Crippen LogP contribution in [0.25, 0.3) is 0 Å². The van der Waals surface area contributed by atoms with Gasteiger partial charge in [0.15, 0.2) is 6.04 Å². The first kappa shape index (κ1) is 20.6. The summed E-state index contributed by atoms with van der Waals surface area (Å²) >= 11 is -2.97. The highest BCUT2D eigenvalue weighted by atomic mass is 32.2. The number of β-lactam (4-membered cyclic amide) rings is 1. The van der Waals surface area contributed by atoms with Gasteiger partial charge in [0.2, 0.25) is 5.91 Å². The SMILES string of the molecule is C[C@@H]1CC(=O)N1[C@@H](C(=O)O)[C@](C)(/C=N/NC(=O)c1ccc(F)cc1)S(=O)[O-]. The Morgan fingerprint density at radius 3 is 2.52 bits per heavy atom. The molecule has 11 heteroatoms. The molecule has 2 rings (SSSR count). The van der Waals surface area contributed by atoms with Gasteiger partial charge in [-0.3, -0.25) is 13.8 Å². The fourth-order valence-electron chi connectivity index (χ4n) is 2.72. The lowest BCUT2D eigenvalue weighted by Gasteiger charge is -2.48. The Bertz CT molecular complexity index is 815. The van der Waals surface area contributed by atoms with E-state index >= 15 is 0 Å². The molecule has 1 heterocycles. The Morgan fingerprint density at radius 2 is 2.07 bits per heavy atom. The minimum absolute atomic E-state index is 0.0693. The maximum Gasteiger partial charge on any atom is 0.328 e. The minimum Gasteiger partial charge on any atom is -0.772 e. The molecule has 27 heavy (non-hydrogen) atoms. The third-order valence-electron chi connectivity index (χ3n) is 4.24. The predicted octanol–water partition coefficient (Wildman–Crippen LogP) is 0.253. The average Bonchev–Trinajstić information content (AvgIpc) is 2.59. The molecule has 1 aromatic rings. The molecule has 1 unspecified atom stereocenters. The molecular formula is C16H17FN3O6S-. The standard InChI is InChI=1S/C16H18FN3O6S/c1-9-7-12(21)20(9)13(15(23)24)16(2,27(25)26)8-18-19-14(22)10-3-5-11(17)6-4-10/h3-6,8-9,13H,7H2,1-2H3,(H,19,22)(H,23,24)(H,25,26)/p-1/b18-8+/t9-,13+,16+/m1/s1. The number of carbonyl (C=O) groups is 3. The van der Waals surface area contributed by atoms with E-state index in [2.05, 4.69) is 10.5 Å². The summed E-state index contributed by atoms with van der Waals surface area (Å²) in [6.07, 6.45) is 0.873. The van der Waals surface area contributed by atoms with E-state index in [0.29, 0.717) is 0 Å². The molecule has 0 bridgehead atoms. The van der Waals surface area contributed by atoms with Crippen LogP contribution in [0.3, 0.4) is 0 Å². The molecule has 0 radical (unpaired) electrons. The van der Waals surface area contributed by atoms with E-state index in [1.54, 1.807) is 6.92 Å². The first-order chi connectivity index (χ1) is 12.6. The highest BCUT2D eigenvalue weighted by molar-refractivity contribution is 7.81. The van der Waals surface area contributed by atoms with Crippen LogP contribution in [-0.4, -0.2) is 59.6 Å². The fourth-order valence-corrected chi connectivity index (χ4v) is 3.25. The molecule has 1 aromatic carbocycles. The number of rotatable bonds is 7. The summed E-state index contributed by atoms with van der Waals surface area (Å²) in [5.41, 5.74) is 2.13. The number of carboxylic acid groups (broad SMARTS) is 1. The van der Waals surface area contributed by atoms with Gasteiger partial charge >= 0.3 is 5.97 Å². The lowest BCUT2D eigenvalue weighted by molar-refractivity contribution is -0.161. The molecule has 1 saturated heterocycles. The number of carboxylic acids is 1. The molecule has 1 fully saturated rings. The number of nitrogens with zero attached hydrogens (tertiary/aromatic N) is 2. The van der Waals surface area contributed by atoms with Gasteiger partial charge in [-0.25, -0.2) is 14.6 Å². The Hall–Kier alpha value is -2.66. The third kappa shape index (κ3) is 4.19. The highest BCUT2D eigenvalue weighted by Crippen LogP contribution is 2.30. The zero-order valence-corrected chi connectivity index (χ0v) is 15.2. The number of benzene rings is 1. The van der Waals surface area contributed by atoms with Crippen LogP contribution >= 0.6 is 0 Å². The van der Waals surface area contributed by atoms with Crippen LogP contribution < -0.4 is 5.43 Å². The van der Waals surface area contributed by atoms with Gasteiger partial charge in [0.25, 0.3) is 5.91 Å². The quantitative estimate of drug-likeness (QED) is 0.292. The summed E-state index contributed by atoms with van der Waals surface area (Å²) in [5, 5.41) is 13.0. The normalized spacial score (nSPS) is 21.3. The first-order valence-electron chi connectivity index (χ1n) is 7.81. The number of hydrogen-bond donors (Lipinski definition) is 2. The van der Waals surface area contributed by atoms with E-state index in [9.17, 15) is 32.6 Å². The number of hydrogen-bond acceptors (Lipinski definition) is 6. The van der Waals surface area contributed by atoms with E-state index in [1.165, 1.54) is 12.1 Å². The van der Waals surface area contributed by atoms with Crippen molar-refractivity contribution in [2.45, 2.75) is 37.1 Å². The molecule has 1 aliphatic heterocycles. The third-order valence-corrected chi connectivity index (χ3v) is 5.29. The molecule has 0 spiro atoms. The van der Waals surface area contributed by atoms with E-state index in [-0.39, 0.29) is 12.0 Å². The molecule has 0 aromatic heterocycles. The van der Waals surface area contributed by atoms with Crippen molar-refractivity contribution in [3.05, 3.63) is 35.6 Å². The molecule has 0 aliphatic carbocycles. The predicted molar refractivity (Wildman–Crippen MR) is 92.0 cm³/mol. The Balaban J connectivity index is 2.23. The van der Waals surface area contributed by atoms with Crippen LogP contribution in [0.4, 0.5) is 4.39 Å². The Labute approximate surface area is 156 Å². The lowest BCUT2D eigenvalue weighted by Crippen LogP contribution is -2.67. The van der Waals surface area contributed by atoms with Gasteiger partial charge < -0.3 is 14.6 Å². The summed E-state index contributed by atoms with van der Waals surface area (Å²) in [6, 6.07) is 2.37. The first-order valence-corrected chi connectivity index (χ1v) is 8.89. The second-order valence-corrected chi connectivity index (χ2v) is 7.57. The topological polar surface area (TPSA) is 139 Å². The Morgan fingerprint density at radius 1 is 1.48 bits per heavy atom. The molecule has 146 valence electrons. The zero-order valence-electron chi connectivity index (χ0n) is 14.4. The summed E-state index contributed by atoms with van der Waals surface area (Å²) in [6.45, 7) is 2.68. The van der Waals surface area contributed by atoms with Crippen molar-refractivity contribution in [1.29, 1.82) is 0 Å². The number of carbonyl (C=O) groups excluding carboxylic acids is 2. The maximum absolute atomic E-state index is 12.9. The van der Waals surface area contributed by atoms with Crippen molar-refractivity contribution in [3.63, 3.8) is 0 Å². The van der Waals surface area contributed by atoms with Gasteiger partial charge in [0, 0.05) is 24.2 Å². The van der Waals surface area contributed by atoms with Crippen LogP contribution in [0.1, 0.15) is 30.6 Å². The number of likely N-dealkylation sites (tertiary alicyclic amines) is 1. The molecule has 1 aliphatic rings. The number of nitrogens with one attached hydrogen (secondary N) is 1. The van der Waals surface area contributed by atoms with Crippen LogP contribution in [0.15, 0.2) is 29.4 Å². The monoisotopic (exact) mass is 398 g/mol. The second-order valence-electron chi connectivity index (χ2n) is 6.22. The number of halogens is 1. The highest BCUT2D eigenvalue weighted by Gasteiger charge is 2.51. The largest absolute Gasteiger partial charge is 0.772 e. The van der Waals surface area contributed by atoms with Gasteiger partial charge in [0.1, 0.15) is 5.82 Å². The van der Waals surface area contributed by atoms with Gasteiger partial charge in [0.05, 0.1) is 4.75 Å². The smallest absolute Gasteiger partial charge is 0.328 e.